The maximum Gasteiger partial charge on any atom is 0.0587 e. The van der Waals surface area contributed by atoms with Gasteiger partial charge in [-0.1, -0.05) is 13.8 Å². The van der Waals surface area contributed by atoms with Gasteiger partial charge in [-0.2, -0.15) is 0 Å². The smallest absolute Gasteiger partial charge is 0.0587 e. The fourth-order valence-electron chi connectivity index (χ4n) is 1.81. The zero-order chi connectivity index (χ0) is 9.68. The van der Waals surface area contributed by atoms with Crippen molar-refractivity contribution in [1.29, 1.82) is 0 Å². The topological polar surface area (TPSA) is 21.3 Å². The molecule has 0 radical (unpaired) electrons. The summed E-state index contributed by atoms with van der Waals surface area (Å²) in [5, 5.41) is 3.50. The number of rotatable bonds is 4. The van der Waals surface area contributed by atoms with E-state index in [1.165, 1.54) is 12.8 Å². The number of hydrogen-bond acceptors (Lipinski definition) is 2. The van der Waals surface area contributed by atoms with Crippen molar-refractivity contribution in [3.63, 3.8) is 0 Å². The molecule has 1 heterocycles. The molecule has 1 aliphatic rings. The molecule has 78 valence electrons. The van der Waals surface area contributed by atoms with Crippen molar-refractivity contribution >= 4 is 0 Å². The summed E-state index contributed by atoms with van der Waals surface area (Å²) in [6, 6.07) is 0. The van der Waals surface area contributed by atoms with Crippen LogP contribution >= 0.6 is 0 Å². The van der Waals surface area contributed by atoms with Crippen molar-refractivity contribution in [1.82, 2.24) is 5.32 Å². The molecule has 0 aromatic rings. The van der Waals surface area contributed by atoms with Gasteiger partial charge in [0, 0.05) is 13.2 Å². The lowest BCUT2D eigenvalue weighted by Gasteiger charge is -2.29. The molecule has 2 atom stereocenters. The average Bonchev–Trinajstić information content (AvgIpc) is 2.08. The number of hydrogen-bond donors (Lipinski definition) is 1. The van der Waals surface area contributed by atoms with Gasteiger partial charge in [0.1, 0.15) is 0 Å². The van der Waals surface area contributed by atoms with Crippen LogP contribution < -0.4 is 5.32 Å². The summed E-state index contributed by atoms with van der Waals surface area (Å²) in [5.74, 6) is 1.48. The zero-order valence-corrected chi connectivity index (χ0v) is 9.18. The molecule has 0 amide bonds. The Hall–Kier alpha value is -0.0800. The summed E-state index contributed by atoms with van der Waals surface area (Å²) in [7, 11) is 0. The van der Waals surface area contributed by atoms with Crippen LogP contribution in [-0.2, 0) is 4.74 Å². The minimum absolute atomic E-state index is 0.452. The first-order chi connectivity index (χ1) is 6.20. The van der Waals surface area contributed by atoms with Crippen molar-refractivity contribution in [2.45, 2.75) is 39.7 Å². The van der Waals surface area contributed by atoms with Gasteiger partial charge in [-0.3, -0.25) is 0 Å². The molecule has 1 rings (SSSR count). The first-order valence-corrected chi connectivity index (χ1v) is 5.52. The second-order valence-corrected chi connectivity index (χ2v) is 4.53. The van der Waals surface area contributed by atoms with Crippen molar-refractivity contribution in [2.24, 2.45) is 11.8 Å². The predicted octanol–water partition coefficient (Wildman–Crippen LogP) is 2.05. The van der Waals surface area contributed by atoms with E-state index in [0.29, 0.717) is 6.10 Å². The standard InChI is InChI=1S/C11H23NO/c1-9(2)7-12-8-11-5-4-6-13-10(11)3/h9-12H,4-8H2,1-3H3. The Morgan fingerprint density at radius 2 is 2.23 bits per heavy atom. The van der Waals surface area contributed by atoms with Crippen LogP contribution in [0.2, 0.25) is 0 Å². The van der Waals surface area contributed by atoms with E-state index in [9.17, 15) is 0 Å². The van der Waals surface area contributed by atoms with Gasteiger partial charge in [0.05, 0.1) is 6.10 Å². The molecule has 2 nitrogen and oxygen atoms in total. The molecule has 0 aromatic heterocycles. The van der Waals surface area contributed by atoms with Crippen molar-refractivity contribution in [3.8, 4) is 0 Å². The second-order valence-electron chi connectivity index (χ2n) is 4.53. The molecule has 13 heavy (non-hydrogen) atoms. The Balaban J connectivity index is 2.11. The molecular weight excluding hydrogens is 162 g/mol. The monoisotopic (exact) mass is 185 g/mol. The lowest BCUT2D eigenvalue weighted by Crippen LogP contribution is -2.36. The van der Waals surface area contributed by atoms with E-state index < -0.39 is 0 Å². The van der Waals surface area contributed by atoms with E-state index in [-0.39, 0.29) is 0 Å². The molecule has 0 aliphatic carbocycles. The van der Waals surface area contributed by atoms with Crippen molar-refractivity contribution in [3.05, 3.63) is 0 Å². The molecule has 2 unspecified atom stereocenters. The minimum atomic E-state index is 0.452. The molecule has 0 bridgehead atoms. The van der Waals surface area contributed by atoms with Crippen molar-refractivity contribution in [2.75, 3.05) is 19.7 Å². The quantitative estimate of drug-likeness (QED) is 0.723. The first kappa shape index (κ1) is 11.0. The van der Waals surface area contributed by atoms with E-state index in [1.54, 1.807) is 0 Å². The first-order valence-electron chi connectivity index (χ1n) is 5.52. The third-order valence-corrected chi connectivity index (χ3v) is 2.72. The third-order valence-electron chi connectivity index (χ3n) is 2.72. The highest BCUT2D eigenvalue weighted by molar-refractivity contribution is 4.73. The maximum atomic E-state index is 5.61. The van der Waals surface area contributed by atoms with Crippen LogP contribution in [0, 0.1) is 11.8 Å². The zero-order valence-electron chi connectivity index (χ0n) is 9.18. The Morgan fingerprint density at radius 1 is 1.46 bits per heavy atom. The number of nitrogens with one attached hydrogen (secondary N) is 1. The average molecular weight is 185 g/mol. The van der Waals surface area contributed by atoms with Crippen LogP contribution in [0.25, 0.3) is 0 Å². The molecule has 2 heteroatoms. The van der Waals surface area contributed by atoms with Gasteiger partial charge in [-0.25, -0.2) is 0 Å². The molecule has 1 fully saturated rings. The maximum absolute atomic E-state index is 5.61. The molecule has 1 N–H and O–H groups in total. The fraction of sp³-hybridized carbons (Fsp3) is 1.00. The summed E-state index contributed by atoms with van der Waals surface area (Å²) in [4.78, 5) is 0. The SMILES string of the molecule is CC(C)CNCC1CCCOC1C. The van der Waals surface area contributed by atoms with Crippen LogP contribution in [0.15, 0.2) is 0 Å². The Kier molecular flexibility index (Phi) is 4.74. The molecular formula is C11H23NO. The van der Waals surface area contributed by atoms with Gasteiger partial charge in [0.15, 0.2) is 0 Å². The number of ether oxygens (including phenoxy) is 1. The summed E-state index contributed by atoms with van der Waals surface area (Å²) >= 11 is 0. The van der Waals surface area contributed by atoms with Gasteiger partial charge < -0.3 is 10.1 Å². The molecule has 0 spiro atoms. The predicted molar refractivity (Wildman–Crippen MR) is 55.8 cm³/mol. The van der Waals surface area contributed by atoms with Gasteiger partial charge >= 0.3 is 0 Å². The summed E-state index contributed by atoms with van der Waals surface area (Å²) in [5.41, 5.74) is 0. The van der Waals surface area contributed by atoms with Crippen LogP contribution in [0.1, 0.15) is 33.6 Å². The van der Waals surface area contributed by atoms with E-state index in [0.717, 1.165) is 31.5 Å². The molecule has 1 saturated heterocycles. The Bertz CT molecular complexity index is 136. The van der Waals surface area contributed by atoms with Crippen LogP contribution in [0.4, 0.5) is 0 Å². The van der Waals surface area contributed by atoms with Gasteiger partial charge in [0.2, 0.25) is 0 Å². The lowest BCUT2D eigenvalue weighted by molar-refractivity contribution is -0.0139. The normalized spacial score (nSPS) is 29.5. The van der Waals surface area contributed by atoms with Gasteiger partial charge in [-0.15, -0.1) is 0 Å². The van der Waals surface area contributed by atoms with Gasteiger partial charge in [-0.05, 0) is 38.1 Å². The molecule has 0 saturated carbocycles. The van der Waals surface area contributed by atoms with E-state index in [2.05, 4.69) is 26.1 Å². The van der Waals surface area contributed by atoms with E-state index in [4.69, 9.17) is 4.74 Å². The Labute approximate surface area is 82.0 Å². The lowest BCUT2D eigenvalue weighted by atomic mass is 9.95. The highest BCUT2D eigenvalue weighted by atomic mass is 16.5. The van der Waals surface area contributed by atoms with Crippen LogP contribution in [0.5, 0.6) is 0 Å². The van der Waals surface area contributed by atoms with Crippen LogP contribution in [0.3, 0.4) is 0 Å². The minimum Gasteiger partial charge on any atom is -0.378 e. The fourth-order valence-corrected chi connectivity index (χ4v) is 1.81. The highest BCUT2D eigenvalue weighted by Crippen LogP contribution is 2.19. The second kappa shape index (κ2) is 5.61. The van der Waals surface area contributed by atoms with E-state index in [1.807, 2.05) is 0 Å². The Morgan fingerprint density at radius 3 is 2.85 bits per heavy atom. The largest absolute Gasteiger partial charge is 0.378 e. The third kappa shape index (κ3) is 4.10. The molecule has 1 aliphatic heterocycles. The summed E-state index contributed by atoms with van der Waals surface area (Å²) in [6.45, 7) is 9.90. The van der Waals surface area contributed by atoms with E-state index >= 15 is 0 Å². The van der Waals surface area contributed by atoms with Crippen LogP contribution in [-0.4, -0.2) is 25.8 Å². The highest BCUT2D eigenvalue weighted by Gasteiger charge is 2.21. The van der Waals surface area contributed by atoms with Gasteiger partial charge in [0.25, 0.3) is 0 Å². The summed E-state index contributed by atoms with van der Waals surface area (Å²) in [6.07, 6.45) is 3.01. The molecule has 0 aromatic carbocycles. The summed E-state index contributed by atoms with van der Waals surface area (Å²) < 4.78 is 5.61. The van der Waals surface area contributed by atoms with Crippen molar-refractivity contribution < 1.29 is 4.74 Å².